The molecule has 1 heterocycles. The molecular formula is C12H14N2O. The first kappa shape index (κ1) is 9.90. The summed E-state index contributed by atoms with van der Waals surface area (Å²) in [7, 11) is 1.69. The maximum Gasteiger partial charge on any atom is 0.254 e. The minimum absolute atomic E-state index is 0.0429. The van der Waals surface area contributed by atoms with E-state index in [2.05, 4.69) is 5.10 Å². The molecule has 1 aliphatic rings. The van der Waals surface area contributed by atoms with Crippen LogP contribution in [-0.2, 0) is 4.79 Å². The second kappa shape index (κ2) is 3.19. The molecule has 3 heteroatoms. The largest absolute Gasteiger partial charge is 0.272 e. The van der Waals surface area contributed by atoms with Crippen LogP contribution in [0.2, 0.25) is 0 Å². The summed E-state index contributed by atoms with van der Waals surface area (Å²) < 4.78 is 0. The van der Waals surface area contributed by atoms with Gasteiger partial charge in [-0.1, -0.05) is 30.3 Å². The smallest absolute Gasteiger partial charge is 0.254 e. The molecule has 15 heavy (non-hydrogen) atoms. The lowest BCUT2D eigenvalue weighted by Crippen LogP contribution is -2.33. The average Bonchev–Trinajstić information content (AvgIpc) is 2.43. The van der Waals surface area contributed by atoms with Crippen molar-refractivity contribution in [1.29, 1.82) is 0 Å². The van der Waals surface area contributed by atoms with Crippen molar-refractivity contribution in [2.75, 3.05) is 7.05 Å². The Bertz CT molecular complexity index is 421. The maximum absolute atomic E-state index is 11.8. The highest BCUT2D eigenvalue weighted by atomic mass is 16.2. The molecule has 0 unspecified atom stereocenters. The Labute approximate surface area is 89.4 Å². The van der Waals surface area contributed by atoms with Crippen molar-refractivity contribution in [2.24, 2.45) is 10.5 Å². The Kier molecular flexibility index (Phi) is 2.11. The third kappa shape index (κ3) is 1.44. The number of amides is 1. The van der Waals surface area contributed by atoms with Crippen LogP contribution in [0.4, 0.5) is 0 Å². The number of benzene rings is 1. The average molecular weight is 202 g/mol. The molecule has 78 valence electrons. The molecule has 1 aliphatic heterocycles. The van der Waals surface area contributed by atoms with Crippen LogP contribution >= 0.6 is 0 Å². The van der Waals surface area contributed by atoms with Crippen LogP contribution in [0, 0.1) is 5.41 Å². The van der Waals surface area contributed by atoms with Crippen molar-refractivity contribution in [2.45, 2.75) is 13.8 Å². The van der Waals surface area contributed by atoms with Crippen LogP contribution < -0.4 is 0 Å². The lowest BCUT2D eigenvalue weighted by Gasteiger charge is -2.17. The number of rotatable bonds is 1. The summed E-state index contributed by atoms with van der Waals surface area (Å²) >= 11 is 0. The Morgan fingerprint density at radius 1 is 1.20 bits per heavy atom. The maximum atomic E-state index is 11.8. The van der Waals surface area contributed by atoms with Gasteiger partial charge in [0.2, 0.25) is 0 Å². The molecule has 0 spiro atoms. The molecule has 0 aromatic heterocycles. The number of hydrogen-bond acceptors (Lipinski definition) is 2. The Hall–Kier alpha value is -1.64. The van der Waals surface area contributed by atoms with Gasteiger partial charge in [0.1, 0.15) is 0 Å². The van der Waals surface area contributed by atoms with Gasteiger partial charge in [0.25, 0.3) is 5.91 Å². The molecule has 2 rings (SSSR count). The van der Waals surface area contributed by atoms with E-state index in [4.69, 9.17) is 0 Å². The van der Waals surface area contributed by atoms with E-state index < -0.39 is 5.41 Å². The number of hydrazone groups is 1. The normalized spacial score (nSPS) is 19.3. The van der Waals surface area contributed by atoms with E-state index in [1.165, 1.54) is 5.01 Å². The molecule has 0 saturated carbocycles. The van der Waals surface area contributed by atoms with Gasteiger partial charge < -0.3 is 0 Å². The van der Waals surface area contributed by atoms with Crippen LogP contribution in [0.25, 0.3) is 0 Å². The van der Waals surface area contributed by atoms with Crippen LogP contribution in [0.1, 0.15) is 19.4 Å². The van der Waals surface area contributed by atoms with Crippen molar-refractivity contribution in [1.82, 2.24) is 5.01 Å². The number of carbonyl (C=O) groups is 1. The second-order valence-corrected chi connectivity index (χ2v) is 4.27. The first-order chi connectivity index (χ1) is 7.03. The Morgan fingerprint density at radius 3 is 2.27 bits per heavy atom. The highest BCUT2D eigenvalue weighted by molar-refractivity contribution is 6.19. The molecule has 0 atom stereocenters. The second-order valence-electron chi connectivity index (χ2n) is 4.27. The summed E-state index contributed by atoms with van der Waals surface area (Å²) in [6, 6.07) is 9.82. The Morgan fingerprint density at radius 2 is 1.80 bits per heavy atom. The fourth-order valence-electron chi connectivity index (χ4n) is 1.84. The third-order valence-corrected chi connectivity index (χ3v) is 2.72. The summed E-state index contributed by atoms with van der Waals surface area (Å²) in [6.45, 7) is 3.81. The standard InChI is InChI=1S/C12H14N2O/c1-12(2)10(13-14(3)11(12)15)9-7-5-4-6-8-9/h4-8H,1-3H3. The monoisotopic (exact) mass is 202 g/mol. The van der Waals surface area contributed by atoms with Gasteiger partial charge in [-0.15, -0.1) is 0 Å². The van der Waals surface area contributed by atoms with E-state index in [0.29, 0.717) is 0 Å². The van der Waals surface area contributed by atoms with E-state index in [0.717, 1.165) is 11.3 Å². The van der Waals surface area contributed by atoms with Crippen LogP contribution in [0.3, 0.4) is 0 Å². The van der Waals surface area contributed by atoms with Gasteiger partial charge in [0.15, 0.2) is 0 Å². The predicted molar refractivity (Wildman–Crippen MR) is 59.5 cm³/mol. The predicted octanol–water partition coefficient (Wildman–Crippen LogP) is 1.89. The zero-order chi connectivity index (χ0) is 11.1. The molecule has 0 saturated heterocycles. The third-order valence-electron chi connectivity index (χ3n) is 2.72. The fourth-order valence-corrected chi connectivity index (χ4v) is 1.84. The summed E-state index contributed by atoms with van der Waals surface area (Å²) in [5.41, 5.74) is 1.34. The van der Waals surface area contributed by atoms with Crippen molar-refractivity contribution < 1.29 is 4.79 Å². The molecule has 1 aromatic carbocycles. The number of hydrogen-bond donors (Lipinski definition) is 0. The van der Waals surface area contributed by atoms with E-state index in [1.807, 2.05) is 44.2 Å². The van der Waals surface area contributed by atoms with Crippen molar-refractivity contribution in [3.63, 3.8) is 0 Å². The SMILES string of the molecule is CN1N=C(c2ccccc2)C(C)(C)C1=O. The van der Waals surface area contributed by atoms with Crippen LogP contribution in [0.5, 0.6) is 0 Å². The van der Waals surface area contributed by atoms with Gasteiger partial charge in [-0.25, -0.2) is 5.01 Å². The topological polar surface area (TPSA) is 32.7 Å². The highest BCUT2D eigenvalue weighted by Gasteiger charge is 2.42. The minimum atomic E-state index is -0.518. The Balaban J connectivity index is 2.48. The van der Waals surface area contributed by atoms with Gasteiger partial charge in [0, 0.05) is 7.05 Å². The van der Waals surface area contributed by atoms with Gasteiger partial charge in [-0.3, -0.25) is 4.79 Å². The summed E-state index contributed by atoms with van der Waals surface area (Å²) in [4.78, 5) is 11.8. The van der Waals surface area contributed by atoms with E-state index >= 15 is 0 Å². The van der Waals surface area contributed by atoms with Gasteiger partial charge in [0.05, 0.1) is 11.1 Å². The van der Waals surface area contributed by atoms with Crippen molar-refractivity contribution in [3.8, 4) is 0 Å². The lowest BCUT2D eigenvalue weighted by molar-refractivity contribution is -0.133. The first-order valence-corrected chi connectivity index (χ1v) is 4.96. The molecule has 0 aliphatic carbocycles. The highest BCUT2D eigenvalue weighted by Crippen LogP contribution is 2.30. The number of carbonyl (C=O) groups excluding carboxylic acids is 1. The lowest BCUT2D eigenvalue weighted by atomic mass is 9.84. The summed E-state index contributed by atoms with van der Waals surface area (Å²) in [6.07, 6.45) is 0. The van der Waals surface area contributed by atoms with Crippen molar-refractivity contribution >= 4 is 11.6 Å². The van der Waals surface area contributed by atoms with Gasteiger partial charge in [-0.05, 0) is 19.4 Å². The van der Waals surface area contributed by atoms with E-state index in [-0.39, 0.29) is 5.91 Å². The van der Waals surface area contributed by atoms with E-state index in [9.17, 15) is 4.79 Å². The molecule has 0 N–H and O–H groups in total. The molecule has 0 bridgehead atoms. The minimum Gasteiger partial charge on any atom is -0.272 e. The first-order valence-electron chi connectivity index (χ1n) is 4.96. The molecule has 0 fully saturated rings. The fraction of sp³-hybridized carbons (Fsp3) is 0.333. The quantitative estimate of drug-likeness (QED) is 0.684. The summed E-state index contributed by atoms with van der Waals surface area (Å²) in [5, 5.41) is 5.71. The van der Waals surface area contributed by atoms with Crippen LogP contribution in [-0.4, -0.2) is 23.7 Å². The van der Waals surface area contributed by atoms with Crippen molar-refractivity contribution in [3.05, 3.63) is 35.9 Å². The molecule has 1 aromatic rings. The summed E-state index contributed by atoms with van der Waals surface area (Å²) in [5.74, 6) is 0.0429. The molecular weight excluding hydrogens is 188 g/mol. The zero-order valence-corrected chi connectivity index (χ0v) is 9.19. The molecule has 1 amide bonds. The molecule has 3 nitrogen and oxygen atoms in total. The zero-order valence-electron chi connectivity index (χ0n) is 9.19. The van der Waals surface area contributed by atoms with E-state index in [1.54, 1.807) is 7.05 Å². The van der Waals surface area contributed by atoms with Gasteiger partial charge >= 0.3 is 0 Å². The van der Waals surface area contributed by atoms with Gasteiger partial charge in [-0.2, -0.15) is 5.10 Å². The van der Waals surface area contributed by atoms with Crippen LogP contribution in [0.15, 0.2) is 35.4 Å². The number of nitrogens with zero attached hydrogens (tertiary/aromatic N) is 2. The molecule has 0 radical (unpaired) electrons.